The average Bonchev–Trinajstić information content (AvgIpc) is 3.02. The van der Waals surface area contributed by atoms with Crippen LogP contribution in [-0.4, -0.2) is 72.3 Å². The molecule has 1 aromatic rings. The summed E-state index contributed by atoms with van der Waals surface area (Å²) < 4.78 is 30.3. The van der Waals surface area contributed by atoms with Crippen LogP contribution in [0, 0.1) is 0 Å². The standard InChI is InChI=1S/C18H21Cl2N3O4S2/c19-14-4-3-13(11-15(14)20)12-16-17(24)21-18(28-16)23-8-6-22(7-9-23)5-1-2-10-29(25,26)27/h3-4,11-12H,1-2,5-10H2,(H,25,26,27)/b16-12-. The van der Waals surface area contributed by atoms with E-state index in [0.29, 0.717) is 33.0 Å². The maximum atomic E-state index is 12.3. The number of amides is 1. The number of nitrogens with zero attached hydrogens (tertiary/aromatic N) is 3. The maximum absolute atomic E-state index is 12.3. The lowest BCUT2D eigenvalue weighted by atomic mass is 10.2. The normalized spacial score (nSPS) is 19.8. The van der Waals surface area contributed by atoms with Gasteiger partial charge in [0.25, 0.3) is 16.0 Å². The van der Waals surface area contributed by atoms with Crippen LogP contribution in [0.25, 0.3) is 6.08 Å². The second kappa shape index (κ2) is 9.80. The van der Waals surface area contributed by atoms with Crippen molar-refractivity contribution in [2.75, 3.05) is 38.5 Å². The molecule has 0 bridgehead atoms. The first-order valence-electron chi connectivity index (χ1n) is 9.11. The van der Waals surface area contributed by atoms with Crippen molar-refractivity contribution in [1.29, 1.82) is 0 Å². The van der Waals surface area contributed by atoms with Gasteiger partial charge in [0, 0.05) is 26.2 Å². The minimum Gasteiger partial charge on any atom is -0.348 e. The Morgan fingerprint density at radius 1 is 1.14 bits per heavy atom. The molecule has 7 nitrogen and oxygen atoms in total. The van der Waals surface area contributed by atoms with Crippen LogP contribution < -0.4 is 0 Å². The molecule has 0 unspecified atom stereocenters. The van der Waals surface area contributed by atoms with Crippen LogP contribution in [0.2, 0.25) is 10.0 Å². The van der Waals surface area contributed by atoms with Crippen molar-refractivity contribution in [1.82, 2.24) is 9.80 Å². The van der Waals surface area contributed by atoms with Crippen molar-refractivity contribution >= 4 is 62.2 Å². The van der Waals surface area contributed by atoms with E-state index in [4.69, 9.17) is 27.8 Å². The molecule has 1 fully saturated rings. The number of hydrogen-bond donors (Lipinski definition) is 1. The van der Waals surface area contributed by atoms with Gasteiger partial charge in [0.1, 0.15) is 0 Å². The fourth-order valence-corrected chi connectivity index (χ4v) is 4.91. The third kappa shape index (κ3) is 6.70. The van der Waals surface area contributed by atoms with Gasteiger partial charge in [0.05, 0.1) is 20.7 Å². The minimum atomic E-state index is -3.88. The largest absolute Gasteiger partial charge is 0.348 e. The SMILES string of the molecule is O=C1N=C(N2CCN(CCCCS(=O)(=O)O)CC2)S/C1=C\c1ccc(Cl)c(Cl)c1. The molecule has 0 atom stereocenters. The third-order valence-corrected chi connectivity index (χ3v) is 7.21. The fraction of sp³-hybridized carbons (Fsp3) is 0.444. The summed E-state index contributed by atoms with van der Waals surface area (Å²) in [5.74, 6) is -0.458. The molecule has 1 saturated heterocycles. The highest BCUT2D eigenvalue weighted by molar-refractivity contribution is 8.18. The first-order valence-corrected chi connectivity index (χ1v) is 12.3. The van der Waals surface area contributed by atoms with Crippen LogP contribution in [0.5, 0.6) is 0 Å². The summed E-state index contributed by atoms with van der Waals surface area (Å²) in [6, 6.07) is 5.20. The van der Waals surface area contributed by atoms with Gasteiger partial charge >= 0.3 is 0 Å². The van der Waals surface area contributed by atoms with Crippen LogP contribution in [0.3, 0.4) is 0 Å². The van der Waals surface area contributed by atoms with Crippen molar-refractivity contribution < 1.29 is 17.8 Å². The van der Waals surface area contributed by atoms with Gasteiger partial charge in [-0.1, -0.05) is 29.3 Å². The van der Waals surface area contributed by atoms with E-state index >= 15 is 0 Å². The van der Waals surface area contributed by atoms with Crippen LogP contribution >= 0.6 is 35.0 Å². The second-order valence-electron chi connectivity index (χ2n) is 6.81. The zero-order valence-corrected chi connectivity index (χ0v) is 18.7. The van der Waals surface area contributed by atoms with E-state index < -0.39 is 10.1 Å². The van der Waals surface area contributed by atoms with E-state index in [2.05, 4.69) is 14.8 Å². The van der Waals surface area contributed by atoms with Gasteiger partial charge in [-0.05, 0) is 54.9 Å². The number of aliphatic imine (C=N–C) groups is 1. The lowest BCUT2D eigenvalue weighted by Gasteiger charge is -2.35. The van der Waals surface area contributed by atoms with Gasteiger partial charge in [-0.15, -0.1) is 0 Å². The lowest BCUT2D eigenvalue weighted by Crippen LogP contribution is -2.47. The molecule has 11 heteroatoms. The molecule has 1 aromatic carbocycles. The summed E-state index contributed by atoms with van der Waals surface area (Å²) in [4.78, 5) is 21.3. The first kappa shape index (κ1) is 22.6. The molecule has 1 N–H and O–H groups in total. The monoisotopic (exact) mass is 477 g/mol. The Morgan fingerprint density at radius 2 is 1.86 bits per heavy atom. The van der Waals surface area contributed by atoms with E-state index in [1.165, 1.54) is 11.8 Å². The Balaban J connectivity index is 1.49. The summed E-state index contributed by atoms with van der Waals surface area (Å²) in [6.45, 7) is 3.90. The summed E-state index contributed by atoms with van der Waals surface area (Å²) in [6.07, 6.45) is 2.92. The maximum Gasteiger partial charge on any atom is 0.286 e. The molecular weight excluding hydrogens is 457 g/mol. The van der Waals surface area contributed by atoms with Crippen molar-refractivity contribution in [2.24, 2.45) is 4.99 Å². The Morgan fingerprint density at radius 3 is 2.52 bits per heavy atom. The third-order valence-electron chi connectivity index (χ3n) is 4.62. The van der Waals surface area contributed by atoms with Crippen molar-refractivity contribution in [3.8, 4) is 0 Å². The van der Waals surface area contributed by atoms with E-state index in [1.807, 2.05) is 0 Å². The summed E-state index contributed by atoms with van der Waals surface area (Å²) >= 11 is 13.3. The molecule has 0 aliphatic carbocycles. The van der Waals surface area contributed by atoms with E-state index in [0.717, 1.165) is 38.3 Å². The number of hydrogen-bond acceptors (Lipinski definition) is 6. The number of piperazine rings is 1. The molecule has 29 heavy (non-hydrogen) atoms. The summed E-state index contributed by atoms with van der Waals surface area (Å²) in [7, 11) is -3.88. The highest BCUT2D eigenvalue weighted by Crippen LogP contribution is 2.32. The average molecular weight is 478 g/mol. The zero-order chi connectivity index (χ0) is 21.0. The number of carbonyl (C=O) groups is 1. The van der Waals surface area contributed by atoms with Crippen LogP contribution in [0.1, 0.15) is 18.4 Å². The van der Waals surface area contributed by atoms with Gasteiger partial charge in [0.15, 0.2) is 5.17 Å². The first-order chi connectivity index (χ1) is 13.7. The molecule has 0 aromatic heterocycles. The molecule has 0 saturated carbocycles. The van der Waals surface area contributed by atoms with Gasteiger partial charge in [-0.25, -0.2) is 0 Å². The molecular formula is C18H21Cl2N3O4S2. The topological polar surface area (TPSA) is 90.3 Å². The van der Waals surface area contributed by atoms with Crippen molar-refractivity contribution in [2.45, 2.75) is 12.8 Å². The highest BCUT2D eigenvalue weighted by Gasteiger charge is 2.28. The zero-order valence-electron chi connectivity index (χ0n) is 15.6. The van der Waals surface area contributed by atoms with E-state index in [1.54, 1.807) is 24.3 Å². The predicted molar refractivity (Wildman–Crippen MR) is 118 cm³/mol. The molecule has 3 rings (SSSR count). The summed E-state index contributed by atoms with van der Waals surface area (Å²) in [5.41, 5.74) is 0.793. The quantitative estimate of drug-likeness (QED) is 0.381. The van der Waals surface area contributed by atoms with Gasteiger partial charge in [0.2, 0.25) is 0 Å². The number of halogens is 2. The number of amidine groups is 1. The van der Waals surface area contributed by atoms with Gasteiger partial charge in [-0.3, -0.25) is 14.2 Å². The Labute approximate surface area is 184 Å². The summed E-state index contributed by atoms with van der Waals surface area (Å²) in [5, 5.41) is 1.60. The van der Waals surface area contributed by atoms with Gasteiger partial charge < -0.3 is 4.90 Å². The molecule has 0 spiro atoms. The Kier molecular flexibility index (Phi) is 7.63. The van der Waals surface area contributed by atoms with E-state index in [9.17, 15) is 13.2 Å². The molecule has 2 aliphatic heterocycles. The van der Waals surface area contributed by atoms with E-state index in [-0.39, 0.29) is 11.7 Å². The number of carbonyl (C=O) groups excluding carboxylic acids is 1. The van der Waals surface area contributed by atoms with Crippen LogP contribution in [0.4, 0.5) is 0 Å². The van der Waals surface area contributed by atoms with Crippen LogP contribution in [-0.2, 0) is 14.9 Å². The van der Waals surface area contributed by atoms with Crippen molar-refractivity contribution in [3.63, 3.8) is 0 Å². The van der Waals surface area contributed by atoms with Gasteiger partial charge in [-0.2, -0.15) is 13.4 Å². The fourth-order valence-electron chi connectivity index (χ4n) is 3.07. The minimum absolute atomic E-state index is 0.198. The second-order valence-corrected chi connectivity index (χ2v) is 10.2. The molecule has 158 valence electrons. The highest BCUT2D eigenvalue weighted by atomic mass is 35.5. The number of thioether (sulfide) groups is 1. The molecule has 2 heterocycles. The number of unbranched alkanes of at least 4 members (excludes halogenated alkanes) is 1. The van der Waals surface area contributed by atoms with Crippen LogP contribution in [0.15, 0.2) is 28.1 Å². The molecule has 0 radical (unpaired) electrons. The van der Waals surface area contributed by atoms with Crippen molar-refractivity contribution in [3.05, 3.63) is 38.7 Å². The smallest absolute Gasteiger partial charge is 0.286 e. The molecule has 1 amide bonds. The number of benzene rings is 1. The number of rotatable bonds is 6. The molecule has 2 aliphatic rings. The lowest BCUT2D eigenvalue weighted by molar-refractivity contribution is -0.113. The predicted octanol–water partition coefficient (Wildman–Crippen LogP) is 3.25. The Bertz CT molecular complexity index is 942. The Hall–Kier alpha value is -1.10.